The molecule has 0 unspecified atom stereocenters. The van der Waals surface area contributed by atoms with E-state index in [4.69, 9.17) is 9.84 Å². The van der Waals surface area contributed by atoms with Gasteiger partial charge in [-0.2, -0.15) is 0 Å². The number of carbonyl (C=O) groups is 2. The van der Waals surface area contributed by atoms with E-state index in [-0.39, 0.29) is 5.76 Å². The maximum absolute atomic E-state index is 10.9. The molecule has 0 saturated heterocycles. The SMILES string of the molecule is CCOc1ccc(C(O)=CC(=O)C(=O)O)c(C)c1. The highest BCUT2D eigenvalue weighted by atomic mass is 16.5. The molecule has 1 rings (SSSR count). The minimum absolute atomic E-state index is 0.372. The first-order valence-electron chi connectivity index (χ1n) is 5.37. The van der Waals surface area contributed by atoms with E-state index in [1.54, 1.807) is 25.1 Å². The Kier molecular flexibility index (Phi) is 4.48. The number of carboxylic acids is 1. The molecule has 0 aliphatic rings. The van der Waals surface area contributed by atoms with Crippen LogP contribution >= 0.6 is 0 Å². The minimum atomic E-state index is -1.61. The summed E-state index contributed by atoms with van der Waals surface area (Å²) in [4.78, 5) is 21.3. The number of aliphatic hydroxyl groups is 1. The van der Waals surface area contributed by atoms with Crippen molar-refractivity contribution >= 4 is 17.5 Å². The van der Waals surface area contributed by atoms with E-state index in [1.807, 2.05) is 6.92 Å². The number of hydrogen-bond donors (Lipinski definition) is 2. The van der Waals surface area contributed by atoms with Crippen LogP contribution in [0.2, 0.25) is 0 Å². The van der Waals surface area contributed by atoms with Crippen molar-refractivity contribution in [3.63, 3.8) is 0 Å². The van der Waals surface area contributed by atoms with Crippen LogP contribution in [0.1, 0.15) is 18.1 Å². The van der Waals surface area contributed by atoms with Crippen LogP contribution in [0.3, 0.4) is 0 Å². The second-order valence-corrected chi connectivity index (χ2v) is 3.61. The van der Waals surface area contributed by atoms with Gasteiger partial charge in [0.2, 0.25) is 0 Å². The normalized spacial score (nSPS) is 11.1. The maximum atomic E-state index is 10.9. The molecule has 5 nitrogen and oxygen atoms in total. The number of hydrogen-bond acceptors (Lipinski definition) is 4. The fraction of sp³-hybridized carbons (Fsp3) is 0.231. The zero-order valence-corrected chi connectivity index (χ0v) is 10.1. The van der Waals surface area contributed by atoms with Crippen molar-refractivity contribution in [1.82, 2.24) is 0 Å². The van der Waals surface area contributed by atoms with Crippen LogP contribution in [0.15, 0.2) is 24.3 Å². The van der Waals surface area contributed by atoms with Crippen molar-refractivity contribution in [2.75, 3.05) is 6.61 Å². The number of ketones is 1. The first kappa shape index (κ1) is 13.8. The lowest BCUT2D eigenvalue weighted by Gasteiger charge is -2.08. The van der Waals surface area contributed by atoms with Crippen molar-refractivity contribution in [2.24, 2.45) is 0 Å². The summed E-state index contributed by atoms with van der Waals surface area (Å²) in [6, 6.07) is 4.91. The van der Waals surface area contributed by atoms with Gasteiger partial charge in [-0.25, -0.2) is 4.79 Å². The Morgan fingerprint density at radius 2 is 2.00 bits per heavy atom. The quantitative estimate of drug-likeness (QED) is 0.474. The standard InChI is InChI=1S/C13H14O5/c1-3-18-9-4-5-10(8(2)6-9)11(14)7-12(15)13(16)17/h4-7,14H,3H2,1-2H3,(H,16,17). The smallest absolute Gasteiger partial charge is 0.376 e. The van der Waals surface area contributed by atoms with Gasteiger partial charge >= 0.3 is 5.97 Å². The topological polar surface area (TPSA) is 83.8 Å². The average molecular weight is 250 g/mol. The number of aryl methyl sites for hydroxylation is 1. The van der Waals surface area contributed by atoms with Crippen molar-refractivity contribution < 1.29 is 24.5 Å². The maximum Gasteiger partial charge on any atom is 0.376 e. The van der Waals surface area contributed by atoms with Crippen LogP contribution < -0.4 is 4.74 Å². The molecule has 0 aromatic heterocycles. The molecule has 0 radical (unpaired) electrons. The number of ether oxygens (including phenoxy) is 1. The summed E-state index contributed by atoms with van der Waals surface area (Å²) in [6.45, 7) is 4.11. The van der Waals surface area contributed by atoms with Gasteiger partial charge in [0, 0.05) is 11.6 Å². The Balaban J connectivity index is 3.03. The Morgan fingerprint density at radius 3 is 2.50 bits per heavy atom. The third-order valence-corrected chi connectivity index (χ3v) is 2.26. The Hall–Kier alpha value is -2.30. The van der Waals surface area contributed by atoms with E-state index < -0.39 is 11.8 Å². The fourth-order valence-corrected chi connectivity index (χ4v) is 1.44. The molecule has 0 aliphatic heterocycles. The molecule has 96 valence electrons. The van der Waals surface area contributed by atoms with Crippen LogP contribution in [0.25, 0.3) is 5.76 Å². The van der Waals surface area contributed by atoms with E-state index in [1.165, 1.54) is 0 Å². The summed E-state index contributed by atoms with van der Waals surface area (Å²) in [5, 5.41) is 18.1. The highest BCUT2D eigenvalue weighted by Gasteiger charge is 2.12. The number of aliphatic hydroxyl groups excluding tert-OH is 1. The first-order valence-corrected chi connectivity index (χ1v) is 5.37. The highest BCUT2D eigenvalue weighted by molar-refractivity contribution is 6.38. The second-order valence-electron chi connectivity index (χ2n) is 3.61. The molecule has 0 spiro atoms. The van der Waals surface area contributed by atoms with E-state index in [9.17, 15) is 14.7 Å². The number of carbonyl (C=O) groups excluding carboxylic acids is 1. The molecule has 5 heteroatoms. The molecular weight excluding hydrogens is 236 g/mol. The first-order chi connectivity index (χ1) is 8.45. The predicted molar refractivity (Wildman–Crippen MR) is 65.6 cm³/mol. The zero-order valence-electron chi connectivity index (χ0n) is 10.1. The second kappa shape index (κ2) is 5.86. The molecule has 1 aromatic carbocycles. The van der Waals surface area contributed by atoms with Crippen LogP contribution in [0, 0.1) is 6.92 Å². The van der Waals surface area contributed by atoms with Gasteiger partial charge in [0.25, 0.3) is 5.78 Å². The van der Waals surface area contributed by atoms with Gasteiger partial charge in [-0.3, -0.25) is 4.79 Å². The number of rotatable bonds is 5. The Labute approximate surface area is 104 Å². The summed E-state index contributed by atoms with van der Waals surface area (Å²) < 4.78 is 5.28. The van der Waals surface area contributed by atoms with Crippen LogP contribution in [0.5, 0.6) is 5.75 Å². The predicted octanol–water partition coefficient (Wildman–Crippen LogP) is 1.95. The third-order valence-electron chi connectivity index (χ3n) is 2.26. The molecule has 2 N–H and O–H groups in total. The molecule has 1 aromatic rings. The fourth-order valence-electron chi connectivity index (χ4n) is 1.44. The molecule has 0 bridgehead atoms. The lowest BCUT2D eigenvalue weighted by molar-refractivity contribution is -0.146. The molecule has 0 fully saturated rings. The van der Waals surface area contributed by atoms with E-state index in [0.717, 1.165) is 0 Å². The van der Waals surface area contributed by atoms with Gasteiger partial charge in [-0.15, -0.1) is 0 Å². The van der Waals surface area contributed by atoms with Crippen LogP contribution in [0.4, 0.5) is 0 Å². The summed E-state index contributed by atoms with van der Waals surface area (Å²) in [5.74, 6) is -2.50. The van der Waals surface area contributed by atoms with Gasteiger partial charge in [-0.05, 0) is 37.6 Å². The van der Waals surface area contributed by atoms with E-state index in [2.05, 4.69) is 0 Å². The van der Waals surface area contributed by atoms with Crippen molar-refractivity contribution in [2.45, 2.75) is 13.8 Å². The van der Waals surface area contributed by atoms with Gasteiger partial charge in [0.1, 0.15) is 11.5 Å². The van der Waals surface area contributed by atoms with Gasteiger partial charge in [-0.1, -0.05) is 0 Å². The molecule has 0 atom stereocenters. The molecule has 0 amide bonds. The van der Waals surface area contributed by atoms with E-state index >= 15 is 0 Å². The van der Waals surface area contributed by atoms with Crippen LogP contribution in [-0.4, -0.2) is 28.6 Å². The van der Waals surface area contributed by atoms with Gasteiger partial charge in [0.05, 0.1) is 6.61 Å². The lowest BCUT2D eigenvalue weighted by Crippen LogP contribution is -2.09. The zero-order chi connectivity index (χ0) is 13.7. The monoisotopic (exact) mass is 250 g/mol. The third kappa shape index (κ3) is 3.35. The average Bonchev–Trinajstić information content (AvgIpc) is 2.29. The number of aliphatic carboxylic acids is 1. The summed E-state index contributed by atoms with van der Waals surface area (Å²) in [6.07, 6.45) is 0.686. The van der Waals surface area contributed by atoms with Crippen molar-refractivity contribution in [1.29, 1.82) is 0 Å². The minimum Gasteiger partial charge on any atom is -0.507 e. The molecular formula is C13H14O5. The largest absolute Gasteiger partial charge is 0.507 e. The summed E-state index contributed by atoms with van der Waals surface area (Å²) in [5.41, 5.74) is 1.08. The van der Waals surface area contributed by atoms with Crippen LogP contribution in [-0.2, 0) is 9.59 Å². The number of benzene rings is 1. The Bertz CT molecular complexity index is 502. The lowest BCUT2D eigenvalue weighted by atomic mass is 10.1. The summed E-state index contributed by atoms with van der Waals surface area (Å²) in [7, 11) is 0. The molecule has 0 aliphatic carbocycles. The van der Waals surface area contributed by atoms with E-state index in [0.29, 0.717) is 29.6 Å². The molecule has 0 saturated carbocycles. The molecule has 0 heterocycles. The Morgan fingerprint density at radius 1 is 1.33 bits per heavy atom. The van der Waals surface area contributed by atoms with Crippen molar-refractivity contribution in [3.8, 4) is 5.75 Å². The highest BCUT2D eigenvalue weighted by Crippen LogP contribution is 2.22. The van der Waals surface area contributed by atoms with Gasteiger partial charge < -0.3 is 14.9 Å². The summed E-state index contributed by atoms with van der Waals surface area (Å²) >= 11 is 0. The molecule has 18 heavy (non-hydrogen) atoms. The van der Waals surface area contributed by atoms with Crippen molar-refractivity contribution in [3.05, 3.63) is 35.4 Å². The number of carboxylic acid groups (broad SMARTS) is 1. The van der Waals surface area contributed by atoms with Gasteiger partial charge in [0.15, 0.2) is 0 Å².